The van der Waals surface area contributed by atoms with Crippen LogP contribution in [0, 0.1) is 10.1 Å². The van der Waals surface area contributed by atoms with Gasteiger partial charge in [0.15, 0.2) is 16.8 Å². The maximum Gasteiger partial charge on any atom is 0.270 e. The second-order valence-electron chi connectivity index (χ2n) is 6.72. The Labute approximate surface area is 188 Å². The van der Waals surface area contributed by atoms with Gasteiger partial charge in [-0.3, -0.25) is 19.5 Å². The van der Waals surface area contributed by atoms with Crippen molar-refractivity contribution in [1.82, 2.24) is 14.8 Å². The quantitative estimate of drug-likeness (QED) is 0.165. The number of nitro benzene ring substituents is 1. The summed E-state index contributed by atoms with van der Waals surface area (Å²) in [6, 6.07) is 22.8. The van der Waals surface area contributed by atoms with E-state index >= 15 is 0 Å². The standard InChI is InChI=1S/C23H18N4O4S/c1-31-20-12-10-16(11-13-20)22-24-25-23(26(22)18-7-3-2-4-8-18)32-15-21(28)17-6-5-9-19(14-17)27(29)30/h2-14H,15H2,1H3. The molecule has 3 aromatic carbocycles. The number of hydrogen-bond donors (Lipinski definition) is 0. The van der Waals surface area contributed by atoms with Gasteiger partial charge in [-0.05, 0) is 36.4 Å². The minimum atomic E-state index is -0.517. The number of hydrogen-bond acceptors (Lipinski definition) is 7. The lowest BCUT2D eigenvalue weighted by molar-refractivity contribution is -0.384. The zero-order valence-electron chi connectivity index (χ0n) is 17.0. The number of non-ortho nitro benzene ring substituents is 1. The van der Waals surface area contributed by atoms with Gasteiger partial charge >= 0.3 is 0 Å². The van der Waals surface area contributed by atoms with E-state index < -0.39 is 4.92 Å². The first-order valence-corrected chi connectivity index (χ1v) is 10.6. The van der Waals surface area contributed by atoms with Crippen molar-refractivity contribution in [3.8, 4) is 22.8 Å². The van der Waals surface area contributed by atoms with E-state index in [2.05, 4.69) is 10.2 Å². The number of carbonyl (C=O) groups excluding carboxylic acids is 1. The van der Waals surface area contributed by atoms with E-state index in [1.807, 2.05) is 59.2 Å². The van der Waals surface area contributed by atoms with Crippen LogP contribution in [0.5, 0.6) is 5.75 Å². The summed E-state index contributed by atoms with van der Waals surface area (Å²) in [7, 11) is 1.61. The Morgan fingerprint density at radius 1 is 1.03 bits per heavy atom. The number of thioether (sulfide) groups is 1. The van der Waals surface area contributed by atoms with Crippen LogP contribution in [0.15, 0.2) is 84.0 Å². The fourth-order valence-corrected chi connectivity index (χ4v) is 3.95. The molecule has 0 fully saturated rings. The molecule has 1 heterocycles. The van der Waals surface area contributed by atoms with Crippen LogP contribution in [-0.2, 0) is 0 Å². The van der Waals surface area contributed by atoms with Crippen molar-refractivity contribution in [2.24, 2.45) is 0 Å². The minimum absolute atomic E-state index is 0.0642. The topological polar surface area (TPSA) is 100 Å². The zero-order valence-corrected chi connectivity index (χ0v) is 17.9. The van der Waals surface area contributed by atoms with Crippen LogP contribution >= 0.6 is 11.8 Å². The number of nitro groups is 1. The molecule has 0 aliphatic rings. The molecular weight excluding hydrogens is 428 g/mol. The van der Waals surface area contributed by atoms with E-state index in [0.717, 1.165) is 17.0 Å². The number of benzene rings is 3. The molecule has 0 N–H and O–H groups in total. The van der Waals surface area contributed by atoms with Crippen LogP contribution in [0.1, 0.15) is 10.4 Å². The van der Waals surface area contributed by atoms with Crippen molar-refractivity contribution < 1.29 is 14.5 Å². The monoisotopic (exact) mass is 446 g/mol. The highest BCUT2D eigenvalue weighted by Crippen LogP contribution is 2.29. The predicted octanol–water partition coefficient (Wildman–Crippen LogP) is 4.83. The highest BCUT2D eigenvalue weighted by Gasteiger charge is 2.18. The van der Waals surface area contributed by atoms with E-state index in [1.165, 1.54) is 30.0 Å². The van der Waals surface area contributed by atoms with Gasteiger partial charge in [-0.15, -0.1) is 10.2 Å². The lowest BCUT2D eigenvalue weighted by Gasteiger charge is -2.10. The molecule has 8 nitrogen and oxygen atoms in total. The number of carbonyl (C=O) groups is 1. The summed E-state index contributed by atoms with van der Waals surface area (Å²) < 4.78 is 7.11. The van der Waals surface area contributed by atoms with Gasteiger partial charge in [0.05, 0.1) is 17.8 Å². The number of rotatable bonds is 8. The average molecular weight is 446 g/mol. The van der Waals surface area contributed by atoms with Gasteiger partial charge in [-0.25, -0.2) is 0 Å². The maximum absolute atomic E-state index is 12.7. The Morgan fingerprint density at radius 2 is 1.78 bits per heavy atom. The first kappa shape index (κ1) is 21.3. The highest BCUT2D eigenvalue weighted by atomic mass is 32.2. The number of nitrogens with zero attached hydrogens (tertiary/aromatic N) is 4. The van der Waals surface area contributed by atoms with Crippen molar-refractivity contribution >= 4 is 23.2 Å². The van der Waals surface area contributed by atoms with Crippen LogP contribution in [-0.4, -0.2) is 38.3 Å². The Kier molecular flexibility index (Phi) is 6.27. The number of para-hydroxylation sites is 1. The Morgan fingerprint density at radius 3 is 2.47 bits per heavy atom. The number of methoxy groups -OCH3 is 1. The summed E-state index contributed by atoms with van der Waals surface area (Å²) in [5.41, 5.74) is 1.87. The van der Waals surface area contributed by atoms with Crippen LogP contribution in [0.2, 0.25) is 0 Å². The first-order valence-electron chi connectivity index (χ1n) is 9.62. The molecule has 32 heavy (non-hydrogen) atoms. The van der Waals surface area contributed by atoms with Gasteiger partial charge in [-0.2, -0.15) is 0 Å². The fraction of sp³-hybridized carbons (Fsp3) is 0.0870. The first-order chi connectivity index (χ1) is 15.6. The van der Waals surface area contributed by atoms with Crippen LogP contribution in [0.25, 0.3) is 17.1 Å². The highest BCUT2D eigenvalue weighted by molar-refractivity contribution is 7.99. The Bertz CT molecular complexity index is 1260. The fourth-order valence-electron chi connectivity index (χ4n) is 3.11. The molecule has 0 bridgehead atoms. The van der Waals surface area contributed by atoms with Crippen LogP contribution < -0.4 is 4.74 Å². The SMILES string of the molecule is COc1ccc(-c2nnc(SCC(=O)c3cccc([N+](=O)[O-])c3)n2-c2ccccc2)cc1. The van der Waals surface area contributed by atoms with Gasteiger partial charge in [0.1, 0.15) is 5.75 Å². The molecule has 0 radical (unpaired) electrons. The third-order valence-electron chi connectivity index (χ3n) is 4.71. The lowest BCUT2D eigenvalue weighted by Crippen LogP contribution is -2.05. The molecule has 0 aliphatic heterocycles. The van der Waals surface area contributed by atoms with Gasteiger partial charge in [0.2, 0.25) is 0 Å². The van der Waals surface area contributed by atoms with Crippen molar-refractivity contribution in [2.45, 2.75) is 5.16 Å². The molecular formula is C23H18N4O4S. The number of aromatic nitrogens is 3. The molecule has 0 amide bonds. The summed E-state index contributed by atoms with van der Waals surface area (Å²) in [4.78, 5) is 23.2. The maximum atomic E-state index is 12.7. The third kappa shape index (κ3) is 4.52. The van der Waals surface area contributed by atoms with Crippen LogP contribution in [0.4, 0.5) is 5.69 Å². The molecule has 9 heteroatoms. The van der Waals surface area contributed by atoms with Gasteiger partial charge < -0.3 is 4.74 Å². The van der Waals surface area contributed by atoms with Crippen LogP contribution in [0.3, 0.4) is 0 Å². The molecule has 1 aromatic heterocycles. The number of ketones is 1. The zero-order chi connectivity index (χ0) is 22.5. The Balaban J connectivity index is 1.64. The second kappa shape index (κ2) is 9.44. The summed E-state index contributed by atoms with van der Waals surface area (Å²) in [6.45, 7) is 0. The largest absolute Gasteiger partial charge is 0.497 e. The van der Waals surface area contributed by atoms with E-state index in [1.54, 1.807) is 13.2 Å². The average Bonchev–Trinajstić information content (AvgIpc) is 3.27. The van der Waals surface area contributed by atoms with Crippen molar-refractivity contribution in [1.29, 1.82) is 0 Å². The predicted molar refractivity (Wildman–Crippen MR) is 121 cm³/mol. The lowest BCUT2D eigenvalue weighted by atomic mass is 10.1. The van der Waals surface area contributed by atoms with Crippen molar-refractivity contribution in [2.75, 3.05) is 12.9 Å². The van der Waals surface area contributed by atoms with Crippen molar-refractivity contribution in [3.05, 3.63) is 94.5 Å². The van der Waals surface area contributed by atoms with Gasteiger partial charge in [0, 0.05) is 28.9 Å². The van der Waals surface area contributed by atoms with Gasteiger partial charge in [0.25, 0.3) is 5.69 Å². The molecule has 4 rings (SSSR count). The molecule has 0 saturated heterocycles. The molecule has 0 atom stereocenters. The minimum Gasteiger partial charge on any atom is -0.497 e. The summed E-state index contributed by atoms with van der Waals surface area (Å²) >= 11 is 1.23. The van der Waals surface area contributed by atoms with Gasteiger partial charge in [-0.1, -0.05) is 42.1 Å². The summed E-state index contributed by atoms with van der Waals surface area (Å²) in [6.07, 6.45) is 0. The van der Waals surface area contributed by atoms with Crippen molar-refractivity contribution in [3.63, 3.8) is 0 Å². The second-order valence-corrected chi connectivity index (χ2v) is 7.67. The molecule has 4 aromatic rings. The molecule has 0 unspecified atom stereocenters. The van der Waals surface area contributed by atoms with E-state index in [-0.39, 0.29) is 22.8 Å². The van der Waals surface area contributed by atoms with E-state index in [9.17, 15) is 14.9 Å². The van der Waals surface area contributed by atoms with E-state index in [0.29, 0.717) is 11.0 Å². The number of ether oxygens (including phenoxy) is 1. The third-order valence-corrected chi connectivity index (χ3v) is 5.64. The molecule has 0 saturated carbocycles. The smallest absolute Gasteiger partial charge is 0.270 e. The molecule has 0 aliphatic carbocycles. The normalized spacial score (nSPS) is 10.7. The molecule has 0 spiro atoms. The Hall–Kier alpha value is -3.98. The molecule has 160 valence electrons. The number of Topliss-reactive ketones (excluding diaryl/α,β-unsaturated/α-hetero) is 1. The van der Waals surface area contributed by atoms with E-state index in [4.69, 9.17) is 4.74 Å². The summed E-state index contributed by atoms with van der Waals surface area (Å²) in [5.74, 6) is 1.20. The summed E-state index contributed by atoms with van der Waals surface area (Å²) in [5, 5.41) is 20.2.